The van der Waals surface area contributed by atoms with E-state index in [1.165, 1.54) is 4.90 Å². The number of carbonyl (C=O) groups excluding carboxylic acids is 1. The number of benzene rings is 1. The zero-order valence-corrected chi connectivity index (χ0v) is 10.6. The topological polar surface area (TPSA) is 85.3 Å². The molecule has 7 nitrogen and oxygen atoms in total. The SMILES string of the molecule is O=C(O)C1COCCN1C(=O)c1cccc2c1OCO2. The van der Waals surface area contributed by atoms with Crippen molar-refractivity contribution in [3.8, 4) is 11.5 Å². The first-order valence-corrected chi connectivity index (χ1v) is 6.18. The molecular weight excluding hydrogens is 266 g/mol. The Hall–Kier alpha value is -2.28. The molecule has 2 heterocycles. The van der Waals surface area contributed by atoms with Crippen molar-refractivity contribution in [1.29, 1.82) is 0 Å². The second-order valence-corrected chi connectivity index (χ2v) is 4.47. The Morgan fingerprint density at radius 3 is 2.95 bits per heavy atom. The second-order valence-electron chi connectivity index (χ2n) is 4.47. The van der Waals surface area contributed by atoms with Crippen LogP contribution in [-0.2, 0) is 9.53 Å². The van der Waals surface area contributed by atoms with Gasteiger partial charge in [0.25, 0.3) is 5.91 Å². The number of amides is 1. The minimum Gasteiger partial charge on any atom is -0.480 e. The van der Waals surface area contributed by atoms with Crippen LogP contribution in [0.2, 0.25) is 0 Å². The van der Waals surface area contributed by atoms with E-state index in [0.29, 0.717) is 23.7 Å². The maximum atomic E-state index is 12.5. The van der Waals surface area contributed by atoms with Crippen LogP contribution in [-0.4, -0.2) is 54.5 Å². The summed E-state index contributed by atoms with van der Waals surface area (Å²) in [6.07, 6.45) is 0. The number of carboxylic acid groups (broad SMARTS) is 1. The zero-order chi connectivity index (χ0) is 14.1. The van der Waals surface area contributed by atoms with E-state index in [0.717, 1.165) is 0 Å². The molecule has 1 amide bonds. The predicted molar refractivity (Wildman–Crippen MR) is 65.8 cm³/mol. The number of para-hydroxylation sites is 1. The molecule has 0 aromatic heterocycles. The zero-order valence-electron chi connectivity index (χ0n) is 10.6. The van der Waals surface area contributed by atoms with E-state index in [4.69, 9.17) is 19.3 Å². The summed E-state index contributed by atoms with van der Waals surface area (Å²) < 4.78 is 15.6. The van der Waals surface area contributed by atoms with Crippen LogP contribution in [0.4, 0.5) is 0 Å². The fourth-order valence-corrected chi connectivity index (χ4v) is 2.30. The maximum absolute atomic E-state index is 12.5. The number of aliphatic carboxylic acids is 1. The molecule has 1 fully saturated rings. The number of ether oxygens (including phenoxy) is 3. The molecule has 1 saturated heterocycles. The smallest absolute Gasteiger partial charge is 0.328 e. The van der Waals surface area contributed by atoms with Crippen molar-refractivity contribution in [3.63, 3.8) is 0 Å². The Balaban J connectivity index is 1.92. The third kappa shape index (κ3) is 2.05. The highest BCUT2D eigenvalue weighted by Gasteiger charge is 2.35. The van der Waals surface area contributed by atoms with Crippen LogP contribution in [0.5, 0.6) is 11.5 Å². The highest BCUT2D eigenvalue weighted by molar-refractivity contribution is 6.00. The van der Waals surface area contributed by atoms with Gasteiger partial charge in [-0.1, -0.05) is 6.07 Å². The van der Waals surface area contributed by atoms with Crippen molar-refractivity contribution >= 4 is 11.9 Å². The molecule has 2 aliphatic heterocycles. The van der Waals surface area contributed by atoms with Crippen LogP contribution in [0, 0.1) is 0 Å². The molecule has 0 radical (unpaired) electrons. The Labute approximate surface area is 114 Å². The molecule has 1 aromatic rings. The molecule has 0 saturated carbocycles. The monoisotopic (exact) mass is 279 g/mol. The largest absolute Gasteiger partial charge is 0.480 e. The number of morpholine rings is 1. The van der Waals surface area contributed by atoms with Crippen LogP contribution >= 0.6 is 0 Å². The van der Waals surface area contributed by atoms with Crippen LogP contribution < -0.4 is 9.47 Å². The van der Waals surface area contributed by atoms with Gasteiger partial charge in [-0.2, -0.15) is 0 Å². The third-order valence-corrected chi connectivity index (χ3v) is 3.30. The first-order valence-electron chi connectivity index (χ1n) is 6.18. The molecule has 20 heavy (non-hydrogen) atoms. The van der Waals surface area contributed by atoms with E-state index < -0.39 is 12.0 Å². The lowest BCUT2D eigenvalue weighted by Gasteiger charge is -2.33. The Kier molecular flexibility index (Phi) is 3.19. The Morgan fingerprint density at radius 2 is 2.15 bits per heavy atom. The standard InChI is InChI=1S/C13H13NO6/c15-12(14-4-5-18-6-9(14)13(16)17)8-2-1-3-10-11(8)20-7-19-10/h1-3,9H,4-7H2,(H,16,17). The summed E-state index contributed by atoms with van der Waals surface area (Å²) in [6, 6.07) is 4.00. The molecular formula is C13H13NO6. The van der Waals surface area contributed by atoms with Gasteiger partial charge < -0.3 is 24.2 Å². The second kappa shape index (κ2) is 5.01. The molecule has 106 valence electrons. The molecule has 1 aromatic carbocycles. The van der Waals surface area contributed by atoms with E-state index in [1.54, 1.807) is 18.2 Å². The number of hydrogen-bond donors (Lipinski definition) is 1. The summed E-state index contributed by atoms with van der Waals surface area (Å²) >= 11 is 0. The molecule has 1 N–H and O–H groups in total. The normalized spacial score (nSPS) is 20.8. The van der Waals surface area contributed by atoms with Crippen molar-refractivity contribution in [2.75, 3.05) is 26.6 Å². The van der Waals surface area contributed by atoms with Gasteiger partial charge >= 0.3 is 5.97 Å². The summed E-state index contributed by atoms with van der Waals surface area (Å²) in [4.78, 5) is 25.0. The molecule has 1 unspecified atom stereocenters. The average molecular weight is 279 g/mol. The van der Waals surface area contributed by atoms with Gasteiger partial charge in [0.15, 0.2) is 17.5 Å². The number of nitrogens with zero attached hydrogens (tertiary/aromatic N) is 1. The third-order valence-electron chi connectivity index (χ3n) is 3.30. The first kappa shape index (κ1) is 12.7. The molecule has 7 heteroatoms. The lowest BCUT2D eigenvalue weighted by atomic mass is 10.1. The van der Waals surface area contributed by atoms with Crippen LogP contribution in [0.1, 0.15) is 10.4 Å². The van der Waals surface area contributed by atoms with E-state index in [2.05, 4.69) is 0 Å². The summed E-state index contributed by atoms with van der Waals surface area (Å²) in [5.74, 6) is -0.602. The molecule has 2 aliphatic rings. The maximum Gasteiger partial charge on any atom is 0.328 e. The fraction of sp³-hybridized carbons (Fsp3) is 0.385. The van der Waals surface area contributed by atoms with Crippen molar-refractivity contribution in [2.45, 2.75) is 6.04 Å². The summed E-state index contributed by atoms with van der Waals surface area (Å²) in [7, 11) is 0. The van der Waals surface area contributed by atoms with Gasteiger partial charge in [0, 0.05) is 6.54 Å². The van der Waals surface area contributed by atoms with E-state index in [9.17, 15) is 9.59 Å². The minimum atomic E-state index is -1.08. The van der Waals surface area contributed by atoms with Gasteiger partial charge in [-0.15, -0.1) is 0 Å². The van der Waals surface area contributed by atoms with E-state index >= 15 is 0 Å². The summed E-state index contributed by atoms with van der Waals surface area (Å²) in [6.45, 7) is 0.612. The lowest BCUT2D eigenvalue weighted by Crippen LogP contribution is -2.52. The van der Waals surface area contributed by atoms with Gasteiger partial charge in [0.1, 0.15) is 0 Å². The summed E-state index contributed by atoms with van der Waals surface area (Å²) in [5.41, 5.74) is 0.313. The minimum absolute atomic E-state index is 0.00649. The number of fused-ring (bicyclic) bond motifs is 1. The van der Waals surface area contributed by atoms with Crippen molar-refractivity contribution in [3.05, 3.63) is 23.8 Å². The number of rotatable bonds is 2. The fourth-order valence-electron chi connectivity index (χ4n) is 2.30. The summed E-state index contributed by atoms with van der Waals surface area (Å²) in [5, 5.41) is 9.17. The van der Waals surface area contributed by atoms with Crippen LogP contribution in [0.15, 0.2) is 18.2 Å². The Morgan fingerprint density at radius 1 is 1.30 bits per heavy atom. The highest BCUT2D eigenvalue weighted by atomic mass is 16.7. The van der Waals surface area contributed by atoms with Crippen LogP contribution in [0.3, 0.4) is 0 Å². The van der Waals surface area contributed by atoms with E-state index in [-0.39, 0.29) is 25.9 Å². The van der Waals surface area contributed by atoms with Gasteiger partial charge in [-0.05, 0) is 12.1 Å². The van der Waals surface area contributed by atoms with Gasteiger partial charge in [0.05, 0.1) is 18.8 Å². The predicted octanol–water partition coefficient (Wildman–Crippen LogP) is 0.341. The van der Waals surface area contributed by atoms with Crippen molar-refractivity contribution < 1.29 is 28.9 Å². The quantitative estimate of drug-likeness (QED) is 0.840. The van der Waals surface area contributed by atoms with Gasteiger partial charge in [-0.3, -0.25) is 4.79 Å². The van der Waals surface area contributed by atoms with Crippen LogP contribution in [0.25, 0.3) is 0 Å². The first-order chi connectivity index (χ1) is 9.68. The molecule has 3 rings (SSSR count). The molecule has 0 aliphatic carbocycles. The Bertz CT molecular complexity index is 558. The molecule has 0 bridgehead atoms. The van der Waals surface area contributed by atoms with E-state index in [1.807, 2.05) is 0 Å². The number of carboxylic acids is 1. The number of hydrogen-bond acceptors (Lipinski definition) is 5. The van der Waals surface area contributed by atoms with Gasteiger partial charge in [-0.25, -0.2) is 4.79 Å². The highest BCUT2D eigenvalue weighted by Crippen LogP contribution is 2.36. The lowest BCUT2D eigenvalue weighted by molar-refractivity contribution is -0.147. The van der Waals surface area contributed by atoms with Gasteiger partial charge in [0.2, 0.25) is 6.79 Å². The number of carbonyl (C=O) groups is 2. The molecule has 1 atom stereocenters. The van der Waals surface area contributed by atoms with Crippen molar-refractivity contribution in [2.24, 2.45) is 0 Å². The average Bonchev–Trinajstić information content (AvgIpc) is 2.94. The molecule has 0 spiro atoms. The van der Waals surface area contributed by atoms with Crippen molar-refractivity contribution in [1.82, 2.24) is 4.90 Å².